The first-order valence-corrected chi connectivity index (χ1v) is 11.2. The lowest BCUT2D eigenvalue weighted by atomic mass is 9.85. The minimum atomic E-state index is -0.253. The summed E-state index contributed by atoms with van der Waals surface area (Å²) < 4.78 is 2.04. The van der Waals surface area contributed by atoms with Crippen LogP contribution in [0.5, 0.6) is 0 Å². The molecule has 1 atom stereocenters. The Bertz CT molecular complexity index is 1130. The maximum atomic E-state index is 11.6. The molecule has 1 saturated carbocycles. The molecule has 1 aromatic carbocycles. The first kappa shape index (κ1) is 22.6. The molecular weight excluding hydrogens is 453 g/mol. The van der Waals surface area contributed by atoms with Crippen molar-refractivity contribution in [3.8, 4) is 0 Å². The zero-order valence-corrected chi connectivity index (χ0v) is 19.1. The first-order valence-electron chi connectivity index (χ1n) is 10.5. The van der Waals surface area contributed by atoms with Crippen LogP contribution in [0.3, 0.4) is 0 Å². The second-order valence-electron chi connectivity index (χ2n) is 8.09. The zero-order valence-electron chi connectivity index (χ0n) is 17.6. The van der Waals surface area contributed by atoms with Gasteiger partial charge in [-0.3, -0.25) is 9.36 Å². The van der Waals surface area contributed by atoms with E-state index in [-0.39, 0.29) is 30.5 Å². The van der Waals surface area contributed by atoms with Crippen LogP contribution in [0.4, 0.5) is 17.6 Å². The number of benzene rings is 1. The standard InChI is InChI=1S/C21H25Cl2N7O2/c1-11(10-31)26-20-25-9-17-19(29-20)30(14-5-2-12(3-6-14)18(24)32)21(28-17)27-16-7-4-13(22)8-15(16)23/h4,7-9,11-12,14,31H,2-3,5-6,10H2,1H3,(H2,24,32)(H,27,28)(H,25,26,29)/t11-,12?,14?/m0/s1. The highest BCUT2D eigenvalue weighted by molar-refractivity contribution is 6.36. The minimum absolute atomic E-state index is 0.0420. The molecule has 5 N–H and O–H groups in total. The highest BCUT2D eigenvalue weighted by Crippen LogP contribution is 2.38. The van der Waals surface area contributed by atoms with Crippen LogP contribution >= 0.6 is 23.2 Å². The Morgan fingerprint density at radius 3 is 2.69 bits per heavy atom. The molecule has 1 amide bonds. The molecule has 0 unspecified atom stereocenters. The Kier molecular flexibility index (Phi) is 6.68. The van der Waals surface area contributed by atoms with Crippen molar-refractivity contribution in [3.05, 3.63) is 34.4 Å². The molecule has 4 rings (SSSR count). The summed E-state index contributed by atoms with van der Waals surface area (Å²) in [5.74, 6) is 0.618. The minimum Gasteiger partial charge on any atom is -0.394 e. The molecule has 0 aliphatic heterocycles. The van der Waals surface area contributed by atoms with Gasteiger partial charge in [0, 0.05) is 23.0 Å². The van der Waals surface area contributed by atoms with Gasteiger partial charge in [0.1, 0.15) is 5.52 Å². The molecule has 2 heterocycles. The van der Waals surface area contributed by atoms with Crippen LogP contribution in [0.15, 0.2) is 24.4 Å². The second kappa shape index (κ2) is 9.48. The fraction of sp³-hybridized carbons (Fsp3) is 0.429. The van der Waals surface area contributed by atoms with Crippen molar-refractivity contribution in [1.82, 2.24) is 19.5 Å². The average molecular weight is 478 g/mol. The first-order chi connectivity index (χ1) is 15.4. The number of fused-ring (bicyclic) bond motifs is 1. The van der Waals surface area contributed by atoms with Gasteiger partial charge in [-0.05, 0) is 50.8 Å². The van der Waals surface area contributed by atoms with E-state index in [1.165, 1.54) is 0 Å². The Hall–Kier alpha value is -2.62. The van der Waals surface area contributed by atoms with Gasteiger partial charge in [0.2, 0.25) is 17.8 Å². The second-order valence-corrected chi connectivity index (χ2v) is 8.94. The van der Waals surface area contributed by atoms with Crippen molar-refractivity contribution in [1.29, 1.82) is 0 Å². The molecule has 3 aromatic rings. The maximum Gasteiger partial charge on any atom is 0.225 e. The molecule has 0 saturated heterocycles. The van der Waals surface area contributed by atoms with E-state index in [0.29, 0.717) is 51.6 Å². The number of amides is 1. The zero-order chi connectivity index (χ0) is 22.8. The highest BCUT2D eigenvalue weighted by atomic mass is 35.5. The topological polar surface area (TPSA) is 131 Å². The number of imidazole rings is 1. The lowest BCUT2D eigenvalue weighted by molar-refractivity contribution is -0.122. The van der Waals surface area contributed by atoms with Gasteiger partial charge in [0.05, 0.1) is 23.5 Å². The number of carbonyl (C=O) groups excluding carboxylic acids is 1. The maximum absolute atomic E-state index is 11.6. The van der Waals surface area contributed by atoms with Crippen molar-refractivity contribution in [2.75, 3.05) is 17.2 Å². The van der Waals surface area contributed by atoms with Crippen LogP contribution in [0.1, 0.15) is 38.6 Å². The number of nitrogens with two attached hydrogens (primary N) is 1. The van der Waals surface area contributed by atoms with Gasteiger partial charge in [0.25, 0.3) is 0 Å². The summed E-state index contributed by atoms with van der Waals surface area (Å²) in [6.07, 6.45) is 4.59. The highest BCUT2D eigenvalue weighted by Gasteiger charge is 2.29. The van der Waals surface area contributed by atoms with Crippen LogP contribution in [0.25, 0.3) is 11.2 Å². The van der Waals surface area contributed by atoms with E-state index in [2.05, 4.69) is 20.6 Å². The Morgan fingerprint density at radius 1 is 1.28 bits per heavy atom. The Labute approximate surface area is 195 Å². The third kappa shape index (κ3) is 4.74. The number of anilines is 3. The number of halogens is 2. The van der Waals surface area contributed by atoms with Crippen LogP contribution in [-0.4, -0.2) is 43.2 Å². The number of primary amides is 1. The third-order valence-electron chi connectivity index (χ3n) is 5.72. The number of hydrogen-bond acceptors (Lipinski definition) is 7. The van der Waals surface area contributed by atoms with Gasteiger partial charge in [0.15, 0.2) is 5.65 Å². The monoisotopic (exact) mass is 477 g/mol. The lowest BCUT2D eigenvalue weighted by Crippen LogP contribution is -2.29. The number of aliphatic hydroxyl groups excluding tert-OH is 1. The average Bonchev–Trinajstić information content (AvgIpc) is 3.12. The number of nitrogens with zero attached hydrogens (tertiary/aromatic N) is 4. The molecule has 0 bridgehead atoms. The predicted molar refractivity (Wildman–Crippen MR) is 125 cm³/mol. The molecule has 9 nitrogen and oxygen atoms in total. The lowest BCUT2D eigenvalue weighted by Gasteiger charge is -2.29. The number of nitrogens with one attached hydrogen (secondary N) is 2. The van der Waals surface area contributed by atoms with E-state index >= 15 is 0 Å². The van der Waals surface area contributed by atoms with Crippen LogP contribution in [0.2, 0.25) is 10.0 Å². The number of rotatable bonds is 7. The molecule has 1 fully saturated rings. The molecule has 11 heteroatoms. The molecule has 2 aromatic heterocycles. The van der Waals surface area contributed by atoms with Crippen molar-refractivity contribution < 1.29 is 9.90 Å². The van der Waals surface area contributed by atoms with Gasteiger partial charge >= 0.3 is 0 Å². The summed E-state index contributed by atoms with van der Waals surface area (Å²) in [7, 11) is 0. The number of carbonyl (C=O) groups is 1. The summed E-state index contributed by atoms with van der Waals surface area (Å²) in [5.41, 5.74) is 7.46. The third-order valence-corrected chi connectivity index (χ3v) is 6.27. The summed E-state index contributed by atoms with van der Waals surface area (Å²) in [6.45, 7) is 1.80. The van der Waals surface area contributed by atoms with E-state index < -0.39 is 0 Å². The van der Waals surface area contributed by atoms with E-state index in [9.17, 15) is 9.90 Å². The van der Waals surface area contributed by atoms with E-state index in [0.717, 1.165) is 12.8 Å². The Balaban J connectivity index is 1.74. The van der Waals surface area contributed by atoms with Crippen molar-refractivity contribution in [2.24, 2.45) is 11.7 Å². The molecule has 1 aliphatic carbocycles. The quantitative estimate of drug-likeness (QED) is 0.405. The summed E-state index contributed by atoms with van der Waals surface area (Å²) in [6, 6.07) is 5.08. The summed E-state index contributed by atoms with van der Waals surface area (Å²) >= 11 is 12.4. The molecule has 0 radical (unpaired) electrons. The van der Waals surface area contributed by atoms with E-state index in [4.69, 9.17) is 33.9 Å². The van der Waals surface area contributed by atoms with Crippen molar-refractivity contribution in [3.63, 3.8) is 0 Å². The van der Waals surface area contributed by atoms with Gasteiger partial charge in [-0.1, -0.05) is 23.2 Å². The number of hydrogen-bond donors (Lipinski definition) is 4. The summed E-state index contributed by atoms with van der Waals surface area (Å²) in [5, 5.41) is 16.7. The molecule has 0 spiro atoms. The van der Waals surface area contributed by atoms with Gasteiger partial charge in [-0.2, -0.15) is 4.98 Å². The molecule has 32 heavy (non-hydrogen) atoms. The summed E-state index contributed by atoms with van der Waals surface area (Å²) in [4.78, 5) is 25.3. The fourth-order valence-corrected chi connectivity index (χ4v) is 4.45. The van der Waals surface area contributed by atoms with E-state index in [1.54, 1.807) is 24.4 Å². The van der Waals surface area contributed by atoms with E-state index in [1.807, 2.05) is 11.5 Å². The smallest absolute Gasteiger partial charge is 0.225 e. The molecule has 170 valence electrons. The fourth-order valence-electron chi connectivity index (χ4n) is 3.99. The Morgan fingerprint density at radius 2 is 2.03 bits per heavy atom. The van der Waals surface area contributed by atoms with Gasteiger partial charge in [-0.15, -0.1) is 0 Å². The van der Waals surface area contributed by atoms with Crippen molar-refractivity contribution in [2.45, 2.75) is 44.7 Å². The van der Waals surface area contributed by atoms with Crippen molar-refractivity contribution >= 4 is 57.9 Å². The van der Waals surface area contributed by atoms with Crippen LogP contribution in [0, 0.1) is 5.92 Å². The SMILES string of the molecule is C[C@@H](CO)Nc1ncc2nc(Nc3ccc(Cl)cc3Cl)n(C3CCC(C(N)=O)CC3)c2n1. The normalized spacial score (nSPS) is 19.6. The van der Waals surface area contributed by atoms with Gasteiger partial charge < -0.3 is 21.5 Å². The van der Waals surface area contributed by atoms with Gasteiger partial charge in [-0.25, -0.2) is 9.97 Å². The van der Waals surface area contributed by atoms with Crippen LogP contribution in [-0.2, 0) is 4.79 Å². The predicted octanol–water partition coefficient (Wildman–Crippen LogP) is 3.89. The largest absolute Gasteiger partial charge is 0.394 e. The molecular formula is C21H25Cl2N7O2. The van der Waals surface area contributed by atoms with Crippen LogP contribution < -0.4 is 16.4 Å². The molecule has 1 aliphatic rings. The number of aromatic nitrogens is 4. The number of aliphatic hydroxyl groups is 1.